The summed E-state index contributed by atoms with van der Waals surface area (Å²) >= 11 is 0. The van der Waals surface area contributed by atoms with Crippen molar-refractivity contribution in [3.8, 4) is 0 Å². The van der Waals surface area contributed by atoms with Crippen LogP contribution in [0.4, 0.5) is 4.79 Å². The first-order chi connectivity index (χ1) is 13.1. The van der Waals surface area contributed by atoms with Gasteiger partial charge in [0.2, 0.25) is 11.9 Å². The van der Waals surface area contributed by atoms with Crippen molar-refractivity contribution < 1.29 is 14.4 Å². The van der Waals surface area contributed by atoms with Crippen LogP contribution in [0.1, 0.15) is 19.3 Å². The molecule has 0 saturated carbocycles. The lowest BCUT2D eigenvalue weighted by molar-refractivity contribution is -0.138. The summed E-state index contributed by atoms with van der Waals surface area (Å²) in [4.78, 5) is 48.7. The third-order valence-electron chi connectivity index (χ3n) is 3.80. The molecule has 2 atom stereocenters. The Balaban J connectivity index is 2.69. The van der Waals surface area contributed by atoms with Crippen LogP contribution in [-0.2, 0) is 9.59 Å². The highest BCUT2D eigenvalue weighted by Crippen LogP contribution is 2.12. The Labute approximate surface area is 161 Å². The van der Waals surface area contributed by atoms with E-state index in [9.17, 15) is 14.4 Å². The smallest absolute Gasteiger partial charge is 0.318 e. The standard InChI is InChI=1S/C14H27N11O3/c1-25(8-6-21-14(23-10(8)27)24-13(19)28)9(26)5-7(22-12(17)18)3-2-4-20-11(15)16/h7-8H,2-6H2,1H3,(H4,15,16,20)(H4,17,18,22)(H4,19,21,23,24,27,28). The number of urea groups is 1. The number of primary amides is 1. The van der Waals surface area contributed by atoms with E-state index in [0.717, 1.165) is 0 Å². The van der Waals surface area contributed by atoms with E-state index >= 15 is 0 Å². The van der Waals surface area contributed by atoms with Crippen molar-refractivity contribution in [3.05, 3.63) is 0 Å². The van der Waals surface area contributed by atoms with Gasteiger partial charge in [0, 0.05) is 20.0 Å². The van der Waals surface area contributed by atoms with Crippen molar-refractivity contribution in [2.45, 2.75) is 31.3 Å². The van der Waals surface area contributed by atoms with E-state index in [-0.39, 0.29) is 36.8 Å². The van der Waals surface area contributed by atoms with E-state index in [4.69, 9.17) is 28.7 Å². The number of rotatable bonds is 8. The van der Waals surface area contributed by atoms with Crippen molar-refractivity contribution >= 4 is 35.7 Å². The molecule has 0 bridgehead atoms. The topological polar surface area (TPSA) is 246 Å². The molecule has 1 aliphatic heterocycles. The van der Waals surface area contributed by atoms with Gasteiger partial charge in [0.25, 0.3) is 5.91 Å². The van der Waals surface area contributed by atoms with Crippen molar-refractivity contribution in [2.75, 3.05) is 20.1 Å². The predicted octanol–water partition coefficient (Wildman–Crippen LogP) is -3.95. The van der Waals surface area contributed by atoms with Gasteiger partial charge in [0.1, 0.15) is 6.04 Å². The monoisotopic (exact) mass is 397 g/mol. The summed E-state index contributed by atoms with van der Waals surface area (Å²) in [6, 6.07) is -2.19. The van der Waals surface area contributed by atoms with Crippen molar-refractivity contribution in [3.63, 3.8) is 0 Å². The van der Waals surface area contributed by atoms with Crippen LogP contribution in [0, 0.1) is 0 Å². The Morgan fingerprint density at radius 2 is 1.96 bits per heavy atom. The third-order valence-corrected chi connectivity index (χ3v) is 3.80. The number of hydrogen-bond acceptors (Lipinski definition) is 6. The fourth-order valence-electron chi connectivity index (χ4n) is 2.46. The van der Waals surface area contributed by atoms with Gasteiger partial charge in [-0.3, -0.25) is 25.2 Å². The number of guanidine groups is 3. The molecule has 0 saturated heterocycles. The van der Waals surface area contributed by atoms with Gasteiger partial charge in [-0.25, -0.2) is 14.8 Å². The molecule has 2 unspecified atom stereocenters. The van der Waals surface area contributed by atoms with Crippen LogP contribution in [0.15, 0.2) is 15.0 Å². The number of carbonyl (C=O) groups is 3. The molecule has 0 aromatic carbocycles. The first kappa shape index (κ1) is 22.5. The Hall–Kier alpha value is -3.58. The van der Waals surface area contributed by atoms with Crippen LogP contribution in [0.2, 0.25) is 0 Å². The normalized spacial score (nSPS) is 16.8. The zero-order valence-electron chi connectivity index (χ0n) is 15.6. The lowest BCUT2D eigenvalue weighted by Crippen LogP contribution is -2.58. The number of amides is 4. The molecule has 1 aliphatic rings. The van der Waals surface area contributed by atoms with E-state index in [1.54, 1.807) is 0 Å². The Morgan fingerprint density at radius 1 is 1.29 bits per heavy atom. The molecule has 1 heterocycles. The number of carbonyl (C=O) groups excluding carboxylic acids is 3. The van der Waals surface area contributed by atoms with Gasteiger partial charge < -0.3 is 33.6 Å². The van der Waals surface area contributed by atoms with E-state index in [1.807, 2.05) is 0 Å². The van der Waals surface area contributed by atoms with Crippen molar-refractivity contribution in [2.24, 2.45) is 43.6 Å². The van der Waals surface area contributed by atoms with Gasteiger partial charge in [-0.05, 0) is 12.8 Å². The number of aliphatic imine (C=N–C) groups is 3. The van der Waals surface area contributed by atoms with Gasteiger partial charge >= 0.3 is 6.03 Å². The van der Waals surface area contributed by atoms with Crippen molar-refractivity contribution in [1.29, 1.82) is 0 Å². The van der Waals surface area contributed by atoms with E-state index in [2.05, 4.69) is 25.6 Å². The molecule has 0 fully saturated rings. The molecule has 0 aromatic heterocycles. The quantitative estimate of drug-likeness (QED) is 0.121. The molecule has 28 heavy (non-hydrogen) atoms. The average molecular weight is 397 g/mol. The van der Waals surface area contributed by atoms with Crippen LogP contribution in [-0.4, -0.2) is 72.8 Å². The lowest BCUT2D eigenvalue weighted by atomic mass is 10.1. The molecule has 156 valence electrons. The van der Waals surface area contributed by atoms with Crippen LogP contribution in [0.3, 0.4) is 0 Å². The number of likely N-dealkylation sites (N-methyl/N-ethyl adjacent to an activating group) is 1. The highest BCUT2D eigenvalue weighted by Gasteiger charge is 2.31. The predicted molar refractivity (Wildman–Crippen MR) is 104 cm³/mol. The highest BCUT2D eigenvalue weighted by atomic mass is 16.2. The van der Waals surface area contributed by atoms with E-state index in [1.165, 1.54) is 11.9 Å². The molecule has 12 N–H and O–H groups in total. The highest BCUT2D eigenvalue weighted by molar-refractivity contribution is 6.07. The third kappa shape index (κ3) is 7.76. The van der Waals surface area contributed by atoms with Gasteiger partial charge in [0.05, 0.1) is 12.6 Å². The van der Waals surface area contributed by atoms with Gasteiger partial charge in [0.15, 0.2) is 11.9 Å². The second-order valence-corrected chi connectivity index (χ2v) is 6.05. The van der Waals surface area contributed by atoms with E-state index in [0.29, 0.717) is 19.4 Å². The number of nitrogens with zero attached hydrogens (tertiary/aromatic N) is 4. The minimum atomic E-state index is -0.859. The SMILES string of the molecule is CN(C(=O)CC(CCCN=C(N)N)N=C(N)N)C1CN=C(NC(N)=O)NC1=O. The fourth-order valence-corrected chi connectivity index (χ4v) is 2.46. The van der Waals surface area contributed by atoms with Crippen LogP contribution in [0.25, 0.3) is 0 Å². The molecule has 0 aliphatic carbocycles. The summed E-state index contributed by atoms with van der Waals surface area (Å²) in [5, 5.41) is 4.54. The van der Waals surface area contributed by atoms with Crippen LogP contribution < -0.4 is 39.3 Å². The lowest BCUT2D eigenvalue weighted by Gasteiger charge is -2.30. The maximum absolute atomic E-state index is 12.6. The number of nitrogens with two attached hydrogens (primary N) is 5. The second-order valence-electron chi connectivity index (χ2n) is 6.05. The van der Waals surface area contributed by atoms with Crippen molar-refractivity contribution in [1.82, 2.24) is 15.5 Å². The van der Waals surface area contributed by atoms with Gasteiger partial charge in [-0.2, -0.15) is 0 Å². The molecule has 14 nitrogen and oxygen atoms in total. The van der Waals surface area contributed by atoms with Crippen LogP contribution >= 0.6 is 0 Å². The number of hydrogen-bond donors (Lipinski definition) is 7. The first-order valence-corrected chi connectivity index (χ1v) is 8.41. The molecular formula is C14H27N11O3. The average Bonchev–Trinajstić information content (AvgIpc) is 2.56. The molecular weight excluding hydrogens is 370 g/mol. The maximum Gasteiger partial charge on any atom is 0.318 e. The summed E-state index contributed by atoms with van der Waals surface area (Å²) in [5.74, 6) is -1.08. The Bertz CT molecular complexity index is 680. The second kappa shape index (κ2) is 10.5. The minimum absolute atomic E-state index is 0.0177. The summed E-state index contributed by atoms with van der Waals surface area (Å²) in [6.45, 7) is 0.347. The summed E-state index contributed by atoms with van der Waals surface area (Å²) < 4.78 is 0. The molecule has 0 aromatic rings. The van der Waals surface area contributed by atoms with Gasteiger partial charge in [-0.15, -0.1) is 0 Å². The largest absolute Gasteiger partial charge is 0.370 e. The van der Waals surface area contributed by atoms with E-state index < -0.39 is 24.0 Å². The summed E-state index contributed by atoms with van der Waals surface area (Å²) in [5.41, 5.74) is 26.4. The Morgan fingerprint density at radius 3 is 2.50 bits per heavy atom. The van der Waals surface area contributed by atoms with Crippen LogP contribution in [0.5, 0.6) is 0 Å². The molecule has 4 amide bonds. The zero-order valence-corrected chi connectivity index (χ0v) is 15.6. The fraction of sp³-hybridized carbons (Fsp3) is 0.571. The molecule has 1 rings (SSSR count). The minimum Gasteiger partial charge on any atom is -0.370 e. The molecule has 0 radical (unpaired) electrons. The Kier molecular flexibility index (Phi) is 8.46. The maximum atomic E-state index is 12.6. The summed E-state index contributed by atoms with van der Waals surface area (Å²) in [7, 11) is 1.47. The molecule has 0 spiro atoms. The molecule has 14 heteroatoms. The zero-order chi connectivity index (χ0) is 21.3. The first-order valence-electron chi connectivity index (χ1n) is 8.41. The van der Waals surface area contributed by atoms with Gasteiger partial charge in [-0.1, -0.05) is 0 Å². The number of nitrogens with one attached hydrogen (secondary N) is 2. The summed E-state index contributed by atoms with van der Waals surface area (Å²) in [6.07, 6.45) is 1.01.